The molecular formula is C41H54N7O16S-. The Hall–Kier alpha value is -6.66. The van der Waals surface area contributed by atoms with Gasteiger partial charge in [-0.25, -0.2) is 4.98 Å². The van der Waals surface area contributed by atoms with E-state index in [2.05, 4.69) is 20.3 Å². The molecule has 0 radical (unpaired) electrons. The van der Waals surface area contributed by atoms with Gasteiger partial charge >= 0.3 is 35.8 Å². The lowest BCUT2D eigenvalue weighted by Crippen LogP contribution is -2.50. The first kappa shape index (κ1) is 52.7. The highest BCUT2D eigenvalue weighted by atomic mass is 32.2. The van der Waals surface area contributed by atoms with Gasteiger partial charge in [0.2, 0.25) is 11.8 Å². The number of nitrogens with zero attached hydrogens (tertiary/aromatic N) is 4. The third-order valence-corrected chi connectivity index (χ3v) is 11.1. The fraction of sp³-hybridized carbons (Fsp3) is 0.488. The standard InChI is InChI=1S/C41H55N7O16S/c49-32(43-40(14-7-34(51)52,15-8-35(53)54)16-9-36(55)56)26-47-21-1-2-30(47)24-46(22-13-28-3-5-29(6-4-28)45-65(63)64)25-31-42-20-23-48(31)27-33(50)44-41(17-10-37(57)58,18-11-38(59)60)19-12-39(61)62/h1-6,20-21,23,45H,7-19,22,24-27H2,(H,43,49)(H,44,50)(H,51,52)(H,53,54)(H,55,56)(H,57,58)(H,59,60)(H,61,62)(H,63,64)/p-1. The second kappa shape index (κ2) is 25.6. The number of carbonyl (C=O) groups is 8. The molecule has 2 amide bonds. The quantitative estimate of drug-likeness (QED) is 0.0395. The summed E-state index contributed by atoms with van der Waals surface area (Å²) in [4.78, 5) is 103. The molecule has 0 saturated carbocycles. The monoisotopic (exact) mass is 932 g/mol. The van der Waals surface area contributed by atoms with Crippen LogP contribution in [-0.4, -0.2) is 124 Å². The van der Waals surface area contributed by atoms with Crippen LogP contribution in [0, 0.1) is 0 Å². The molecule has 1 atom stereocenters. The topological polar surface area (TPSA) is 360 Å². The maximum Gasteiger partial charge on any atom is 0.303 e. The van der Waals surface area contributed by atoms with Crippen molar-refractivity contribution in [3.63, 3.8) is 0 Å². The van der Waals surface area contributed by atoms with Crippen molar-refractivity contribution in [2.45, 2.75) is 121 Å². The van der Waals surface area contributed by atoms with E-state index in [-0.39, 0.29) is 64.7 Å². The summed E-state index contributed by atoms with van der Waals surface area (Å²) in [5.41, 5.74) is -1.17. The van der Waals surface area contributed by atoms with Crippen LogP contribution in [0.5, 0.6) is 0 Å². The molecule has 0 bridgehead atoms. The molecule has 0 aliphatic carbocycles. The Morgan fingerprint density at radius 1 is 0.615 bits per heavy atom. The van der Waals surface area contributed by atoms with Gasteiger partial charge in [0.25, 0.3) is 0 Å². The van der Waals surface area contributed by atoms with Crippen LogP contribution >= 0.6 is 0 Å². The van der Waals surface area contributed by atoms with E-state index in [9.17, 15) is 77.8 Å². The van der Waals surface area contributed by atoms with Crippen LogP contribution in [-0.2, 0) is 82.2 Å². The molecule has 0 aliphatic heterocycles. The van der Waals surface area contributed by atoms with Crippen LogP contribution in [0.1, 0.15) is 94.1 Å². The highest BCUT2D eigenvalue weighted by molar-refractivity contribution is 7.80. The molecule has 24 heteroatoms. The van der Waals surface area contributed by atoms with Gasteiger partial charge in [-0.2, -0.15) is 0 Å². The van der Waals surface area contributed by atoms with E-state index in [0.717, 1.165) is 5.56 Å². The molecule has 3 aromatic rings. The minimum atomic E-state index is -2.53. The first-order chi connectivity index (χ1) is 30.7. The number of rotatable bonds is 33. The van der Waals surface area contributed by atoms with Gasteiger partial charge < -0.3 is 59.7 Å². The predicted octanol–water partition coefficient (Wildman–Crippen LogP) is 2.03. The SMILES string of the molecule is O=C(O)CCC(CCC(=O)O)(CCC(=O)O)NC(=O)Cn1cccc1CN(CCc1ccc(NS(=O)[O-])cc1)Cc1nccn1CC(=O)NC(CCC(=O)O)(CCC(=O)O)CCC(=O)O. The molecule has 0 aliphatic rings. The Labute approximate surface area is 375 Å². The maximum absolute atomic E-state index is 13.7. The molecule has 356 valence electrons. The second-order valence-corrected chi connectivity index (χ2v) is 16.3. The summed E-state index contributed by atoms with van der Waals surface area (Å²) >= 11 is -2.53. The number of benzene rings is 1. The molecule has 23 nitrogen and oxygen atoms in total. The Bertz CT molecular complexity index is 1950. The molecule has 2 aromatic heterocycles. The van der Waals surface area contributed by atoms with Gasteiger partial charge in [0.15, 0.2) is 0 Å². The zero-order valence-corrected chi connectivity index (χ0v) is 36.2. The normalized spacial score (nSPS) is 12.0. The fourth-order valence-corrected chi connectivity index (χ4v) is 7.66. The molecule has 9 N–H and O–H groups in total. The number of carboxylic acid groups (broad SMARTS) is 6. The third-order valence-electron chi connectivity index (χ3n) is 10.7. The number of anilines is 1. The minimum Gasteiger partial charge on any atom is -0.755 e. The van der Waals surface area contributed by atoms with Crippen LogP contribution in [0.4, 0.5) is 5.69 Å². The molecule has 3 rings (SSSR count). The van der Waals surface area contributed by atoms with Gasteiger partial charge in [0, 0.05) is 104 Å². The predicted molar refractivity (Wildman–Crippen MR) is 226 cm³/mol. The molecular weight excluding hydrogens is 879 g/mol. The average molecular weight is 933 g/mol. The van der Waals surface area contributed by atoms with Crippen LogP contribution < -0.4 is 15.4 Å². The highest BCUT2D eigenvalue weighted by Gasteiger charge is 2.35. The minimum absolute atomic E-state index is 0.0946. The van der Waals surface area contributed by atoms with Crippen molar-refractivity contribution in [3.05, 3.63) is 72.1 Å². The van der Waals surface area contributed by atoms with Crippen molar-refractivity contribution < 1.29 is 77.8 Å². The lowest BCUT2D eigenvalue weighted by atomic mass is 9.83. The zero-order chi connectivity index (χ0) is 48.2. The number of hydrogen-bond acceptors (Lipinski definition) is 12. The van der Waals surface area contributed by atoms with E-state index in [1.54, 1.807) is 47.2 Å². The summed E-state index contributed by atoms with van der Waals surface area (Å²) in [5.74, 6) is -8.23. The van der Waals surface area contributed by atoms with Crippen molar-refractivity contribution in [1.82, 2.24) is 29.7 Å². The molecule has 0 fully saturated rings. The molecule has 1 unspecified atom stereocenters. The number of hydrogen-bond donors (Lipinski definition) is 9. The number of carboxylic acids is 6. The molecule has 2 heterocycles. The first-order valence-electron chi connectivity index (χ1n) is 20.4. The Kier molecular flexibility index (Phi) is 20.7. The lowest BCUT2D eigenvalue weighted by molar-refractivity contribution is -0.141. The zero-order valence-electron chi connectivity index (χ0n) is 35.4. The van der Waals surface area contributed by atoms with E-state index >= 15 is 0 Å². The molecule has 0 spiro atoms. The molecule has 65 heavy (non-hydrogen) atoms. The van der Waals surface area contributed by atoms with Crippen LogP contribution in [0.2, 0.25) is 0 Å². The van der Waals surface area contributed by atoms with E-state index in [4.69, 9.17) is 0 Å². The van der Waals surface area contributed by atoms with E-state index in [1.165, 1.54) is 17.0 Å². The average Bonchev–Trinajstić information content (AvgIpc) is 3.85. The summed E-state index contributed by atoms with van der Waals surface area (Å²) in [7, 11) is 0. The number of aromatic nitrogens is 3. The van der Waals surface area contributed by atoms with Crippen molar-refractivity contribution in [2.75, 3.05) is 11.3 Å². The number of nitrogens with one attached hydrogen (secondary N) is 3. The van der Waals surface area contributed by atoms with Gasteiger partial charge in [-0.05, 0) is 74.8 Å². The van der Waals surface area contributed by atoms with Crippen molar-refractivity contribution >= 4 is 64.6 Å². The number of imidazole rings is 1. The first-order valence-corrected chi connectivity index (χ1v) is 21.5. The Morgan fingerprint density at radius 2 is 1.05 bits per heavy atom. The number of aliphatic carboxylic acids is 6. The van der Waals surface area contributed by atoms with Crippen molar-refractivity contribution in [3.8, 4) is 0 Å². The summed E-state index contributed by atoms with van der Waals surface area (Å²) in [6.07, 6.45) is 0.891. The summed E-state index contributed by atoms with van der Waals surface area (Å²) in [6, 6.07) is 10.0. The summed E-state index contributed by atoms with van der Waals surface area (Å²) in [6.45, 7) is -0.0845. The van der Waals surface area contributed by atoms with Crippen LogP contribution in [0.15, 0.2) is 55.0 Å². The third kappa shape index (κ3) is 19.7. The van der Waals surface area contributed by atoms with E-state index in [1.807, 2.05) is 4.90 Å². The van der Waals surface area contributed by atoms with Gasteiger partial charge in [-0.3, -0.25) is 47.5 Å². The Balaban J connectivity index is 1.91. The van der Waals surface area contributed by atoms with Crippen LogP contribution in [0.3, 0.4) is 0 Å². The van der Waals surface area contributed by atoms with Gasteiger partial charge in [-0.15, -0.1) is 0 Å². The van der Waals surface area contributed by atoms with Gasteiger partial charge in [0.1, 0.15) is 18.9 Å². The van der Waals surface area contributed by atoms with Crippen LogP contribution in [0.25, 0.3) is 0 Å². The molecule has 0 saturated heterocycles. The second-order valence-electron chi connectivity index (χ2n) is 15.6. The molecule has 1 aromatic carbocycles. The Morgan fingerprint density at radius 3 is 1.46 bits per heavy atom. The number of carbonyl (C=O) groups excluding carboxylic acids is 2. The summed E-state index contributed by atoms with van der Waals surface area (Å²) < 4.78 is 27.6. The van der Waals surface area contributed by atoms with Crippen molar-refractivity contribution in [1.29, 1.82) is 0 Å². The highest BCUT2D eigenvalue weighted by Crippen LogP contribution is 2.28. The maximum atomic E-state index is 13.7. The van der Waals surface area contributed by atoms with E-state index in [0.29, 0.717) is 30.2 Å². The fourth-order valence-electron chi connectivity index (χ4n) is 7.33. The largest absolute Gasteiger partial charge is 0.755 e. The summed E-state index contributed by atoms with van der Waals surface area (Å²) in [5, 5.41) is 61.9. The van der Waals surface area contributed by atoms with Crippen molar-refractivity contribution in [2.24, 2.45) is 0 Å². The lowest BCUT2D eigenvalue weighted by Gasteiger charge is -2.34. The van der Waals surface area contributed by atoms with E-state index < -0.39 is 108 Å². The number of amides is 2. The van der Waals surface area contributed by atoms with Gasteiger partial charge in [0.05, 0.1) is 6.54 Å². The smallest absolute Gasteiger partial charge is 0.303 e. The van der Waals surface area contributed by atoms with Gasteiger partial charge in [-0.1, -0.05) is 12.1 Å².